The predicted octanol–water partition coefficient (Wildman–Crippen LogP) is 0.194. The summed E-state index contributed by atoms with van der Waals surface area (Å²) in [5.74, 6) is 0.878. The van der Waals surface area contributed by atoms with Crippen molar-refractivity contribution >= 4 is 15.8 Å². The van der Waals surface area contributed by atoms with Crippen molar-refractivity contribution in [2.45, 2.75) is 31.0 Å². The van der Waals surface area contributed by atoms with Crippen molar-refractivity contribution in [2.24, 2.45) is 7.05 Å². The minimum Gasteiger partial charge on any atom is -0.353 e. The summed E-state index contributed by atoms with van der Waals surface area (Å²) in [5, 5.41) is 8.58. The van der Waals surface area contributed by atoms with Crippen molar-refractivity contribution in [3.63, 3.8) is 0 Å². The minimum atomic E-state index is -3.55. The van der Waals surface area contributed by atoms with Crippen LogP contribution in [0.3, 0.4) is 0 Å². The van der Waals surface area contributed by atoms with Crippen LogP contribution in [0.5, 0.6) is 0 Å². The van der Waals surface area contributed by atoms with Crippen LogP contribution in [0.25, 0.3) is 0 Å². The standard InChI is InChI=1S/C13H20N6O2S/c1-3-19-13(4-7-14-19)22(20,21)16-11-5-9-18(10-11)12-6-8-17(2)15-12/h4,6-8,11,16H,3,5,9-10H2,1-2H3. The number of nitrogens with zero attached hydrogens (tertiary/aromatic N) is 5. The lowest BCUT2D eigenvalue weighted by molar-refractivity contribution is 0.531. The second-order valence-corrected chi connectivity index (χ2v) is 7.05. The van der Waals surface area contributed by atoms with Gasteiger partial charge in [0.05, 0.1) is 6.20 Å². The van der Waals surface area contributed by atoms with Gasteiger partial charge in [0.15, 0.2) is 10.8 Å². The van der Waals surface area contributed by atoms with E-state index in [1.54, 1.807) is 4.68 Å². The Kier molecular flexibility index (Phi) is 3.92. The molecule has 1 unspecified atom stereocenters. The molecule has 2 aromatic heterocycles. The molecule has 0 bridgehead atoms. The Morgan fingerprint density at radius 3 is 2.91 bits per heavy atom. The van der Waals surface area contributed by atoms with Crippen LogP contribution < -0.4 is 9.62 Å². The Morgan fingerprint density at radius 2 is 2.23 bits per heavy atom. The van der Waals surface area contributed by atoms with E-state index in [0.29, 0.717) is 13.1 Å². The van der Waals surface area contributed by atoms with Crippen LogP contribution in [0.4, 0.5) is 5.82 Å². The first-order valence-electron chi connectivity index (χ1n) is 7.28. The highest BCUT2D eigenvalue weighted by molar-refractivity contribution is 7.89. The highest BCUT2D eigenvalue weighted by atomic mass is 32.2. The molecule has 2 aromatic rings. The third kappa shape index (κ3) is 2.86. The molecule has 1 fully saturated rings. The molecular formula is C13H20N6O2S. The number of aromatic nitrogens is 4. The molecule has 1 saturated heterocycles. The van der Waals surface area contributed by atoms with E-state index in [9.17, 15) is 8.42 Å². The average molecular weight is 324 g/mol. The first-order valence-corrected chi connectivity index (χ1v) is 8.76. The van der Waals surface area contributed by atoms with Gasteiger partial charge in [-0.3, -0.25) is 9.36 Å². The molecule has 1 atom stereocenters. The van der Waals surface area contributed by atoms with Crippen molar-refractivity contribution in [2.75, 3.05) is 18.0 Å². The number of hydrogen-bond acceptors (Lipinski definition) is 5. The molecule has 1 aliphatic heterocycles. The largest absolute Gasteiger partial charge is 0.353 e. The number of anilines is 1. The normalized spacial score (nSPS) is 19.0. The molecule has 3 heterocycles. The number of hydrogen-bond donors (Lipinski definition) is 1. The maximum atomic E-state index is 12.5. The fraction of sp³-hybridized carbons (Fsp3) is 0.538. The smallest absolute Gasteiger partial charge is 0.258 e. The van der Waals surface area contributed by atoms with Gasteiger partial charge in [0, 0.05) is 45.0 Å². The molecule has 3 rings (SSSR count). The molecule has 0 saturated carbocycles. The summed E-state index contributed by atoms with van der Waals surface area (Å²) in [4.78, 5) is 2.09. The molecule has 0 radical (unpaired) electrons. The quantitative estimate of drug-likeness (QED) is 0.849. The van der Waals surface area contributed by atoms with Gasteiger partial charge in [-0.2, -0.15) is 10.2 Å². The zero-order valence-corrected chi connectivity index (χ0v) is 13.5. The zero-order valence-electron chi connectivity index (χ0n) is 12.7. The molecule has 1 N–H and O–H groups in total. The van der Waals surface area contributed by atoms with Gasteiger partial charge >= 0.3 is 0 Å². The van der Waals surface area contributed by atoms with Crippen LogP contribution in [0.15, 0.2) is 29.6 Å². The van der Waals surface area contributed by atoms with Gasteiger partial charge in [-0.15, -0.1) is 0 Å². The van der Waals surface area contributed by atoms with E-state index in [1.165, 1.54) is 16.9 Å². The molecule has 9 heteroatoms. The fourth-order valence-electron chi connectivity index (χ4n) is 2.70. The lowest BCUT2D eigenvalue weighted by Gasteiger charge is -2.16. The number of aryl methyl sites for hydroxylation is 2. The Labute approximate surface area is 129 Å². The second-order valence-electron chi connectivity index (χ2n) is 5.39. The fourth-order valence-corrected chi connectivity index (χ4v) is 4.15. The third-order valence-electron chi connectivity index (χ3n) is 3.79. The lowest BCUT2D eigenvalue weighted by Crippen LogP contribution is -2.38. The van der Waals surface area contributed by atoms with Crippen molar-refractivity contribution in [1.82, 2.24) is 24.3 Å². The van der Waals surface area contributed by atoms with Gasteiger partial charge in [0.2, 0.25) is 0 Å². The van der Waals surface area contributed by atoms with Gasteiger partial charge < -0.3 is 4.90 Å². The topological polar surface area (TPSA) is 85.0 Å². The highest BCUT2D eigenvalue weighted by Gasteiger charge is 2.29. The van der Waals surface area contributed by atoms with Crippen LogP contribution in [-0.4, -0.2) is 47.1 Å². The van der Waals surface area contributed by atoms with E-state index in [-0.39, 0.29) is 11.1 Å². The molecule has 0 amide bonds. The van der Waals surface area contributed by atoms with E-state index in [1.807, 2.05) is 26.2 Å². The number of sulfonamides is 1. The first-order chi connectivity index (χ1) is 10.5. The van der Waals surface area contributed by atoms with E-state index in [2.05, 4.69) is 19.8 Å². The first kappa shape index (κ1) is 15.0. The average Bonchev–Trinajstić information content (AvgIpc) is 3.17. The van der Waals surface area contributed by atoms with Crippen LogP contribution in [0.1, 0.15) is 13.3 Å². The maximum Gasteiger partial charge on any atom is 0.258 e. The van der Waals surface area contributed by atoms with E-state index >= 15 is 0 Å². The Hall–Kier alpha value is -1.87. The molecule has 0 spiro atoms. The maximum absolute atomic E-state index is 12.5. The van der Waals surface area contributed by atoms with Gasteiger partial charge in [0.25, 0.3) is 10.0 Å². The van der Waals surface area contributed by atoms with Crippen molar-refractivity contribution < 1.29 is 8.42 Å². The van der Waals surface area contributed by atoms with E-state index in [4.69, 9.17) is 0 Å². The summed E-state index contributed by atoms with van der Waals surface area (Å²) in [7, 11) is -1.68. The number of nitrogens with one attached hydrogen (secondary N) is 1. The van der Waals surface area contributed by atoms with Crippen molar-refractivity contribution in [3.05, 3.63) is 24.5 Å². The molecule has 0 aromatic carbocycles. The van der Waals surface area contributed by atoms with Crippen molar-refractivity contribution in [3.8, 4) is 0 Å². The summed E-state index contributed by atoms with van der Waals surface area (Å²) < 4.78 is 30.9. The molecular weight excluding hydrogens is 304 g/mol. The van der Waals surface area contributed by atoms with Gasteiger partial charge in [-0.05, 0) is 19.4 Å². The molecule has 22 heavy (non-hydrogen) atoms. The Morgan fingerprint density at radius 1 is 1.41 bits per heavy atom. The molecule has 1 aliphatic rings. The van der Waals surface area contributed by atoms with Crippen LogP contribution in [0.2, 0.25) is 0 Å². The predicted molar refractivity (Wildman–Crippen MR) is 82.0 cm³/mol. The van der Waals surface area contributed by atoms with E-state index < -0.39 is 10.0 Å². The van der Waals surface area contributed by atoms with Crippen molar-refractivity contribution in [1.29, 1.82) is 0 Å². The van der Waals surface area contributed by atoms with Crippen LogP contribution in [0, 0.1) is 0 Å². The molecule has 120 valence electrons. The third-order valence-corrected chi connectivity index (χ3v) is 5.33. The monoisotopic (exact) mass is 324 g/mol. The molecule has 8 nitrogen and oxygen atoms in total. The second kappa shape index (κ2) is 5.73. The van der Waals surface area contributed by atoms with Gasteiger partial charge in [0.1, 0.15) is 0 Å². The van der Waals surface area contributed by atoms with Gasteiger partial charge in [-0.1, -0.05) is 0 Å². The minimum absolute atomic E-state index is 0.118. The van der Waals surface area contributed by atoms with E-state index in [0.717, 1.165) is 18.8 Å². The SMILES string of the molecule is CCn1nccc1S(=O)(=O)NC1CCN(c2ccn(C)n2)C1. The Bertz CT molecular complexity index is 750. The summed E-state index contributed by atoms with van der Waals surface area (Å²) in [6.07, 6.45) is 4.15. The highest BCUT2D eigenvalue weighted by Crippen LogP contribution is 2.19. The lowest BCUT2D eigenvalue weighted by atomic mass is 10.3. The summed E-state index contributed by atoms with van der Waals surface area (Å²) in [5.41, 5.74) is 0. The summed E-state index contributed by atoms with van der Waals surface area (Å²) in [6.45, 7) is 3.80. The summed E-state index contributed by atoms with van der Waals surface area (Å²) >= 11 is 0. The number of rotatable bonds is 5. The zero-order chi connectivity index (χ0) is 15.7. The Balaban J connectivity index is 1.69. The summed E-state index contributed by atoms with van der Waals surface area (Å²) in [6, 6.07) is 3.34. The van der Waals surface area contributed by atoms with Crippen LogP contribution in [-0.2, 0) is 23.6 Å². The van der Waals surface area contributed by atoms with Crippen LogP contribution >= 0.6 is 0 Å². The van der Waals surface area contributed by atoms with Gasteiger partial charge in [-0.25, -0.2) is 13.1 Å². The molecule has 0 aliphatic carbocycles.